The SMILES string of the molecule is CCn1cnc2cc(SC(C)(C)C)cnc21. The zero-order valence-electron chi connectivity index (χ0n) is 10.2. The van der Waals surface area contributed by atoms with E-state index >= 15 is 0 Å². The minimum absolute atomic E-state index is 0.211. The van der Waals surface area contributed by atoms with Crippen molar-refractivity contribution < 1.29 is 0 Å². The minimum Gasteiger partial charge on any atom is -0.316 e. The maximum Gasteiger partial charge on any atom is 0.159 e. The summed E-state index contributed by atoms with van der Waals surface area (Å²) in [6, 6.07) is 2.12. The van der Waals surface area contributed by atoms with E-state index in [9.17, 15) is 0 Å². The lowest BCUT2D eigenvalue weighted by molar-refractivity contribution is 0.777. The second-order valence-corrected chi connectivity index (χ2v) is 6.66. The average molecular weight is 235 g/mol. The molecule has 2 heterocycles. The quantitative estimate of drug-likeness (QED) is 0.748. The van der Waals surface area contributed by atoms with Crippen molar-refractivity contribution in [1.29, 1.82) is 0 Å². The van der Waals surface area contributed by atoms with Gasteiger partial charge in [0.2, 0.25) is 0 Å². The standard InChI is InChI=1S/C12H17N3S/c1-5-15-8-14-10-6-9(7-13-11(10)15)16-12(2,3)4/h6-8H,5H2,1-4H3. The van der Waals surface area contributed by atoms with E-state index in [1.807, 2.05) is 24.3 Å². The lowest BCUT2D eigenvalue weighted by Gasteiger charge is -2.16. The van der Waals surface area contributed by atoms with Crippen LogP contribution in [-0.4, -0.2) is 19.3 Å². The second-order valence-electron chi connectivity index (χ2n) is 4.76. The molecule has 0 aliphatic rings. The summed E-state index contributed by atoms with van der Waals surface area (Å²) in [5.74, 6) is 0. The fourth-order valence-corrected chi connectivity index (χ4v) is 2.55. The molecular formula is C12H17N3S. The van der Waals surface area contributed by atoms with Gasteiger partial charge in [-0.3, -0.25) is 0 Å². The summed E-state index contributed by atoms with van der Waals surface area (Å²) < 4.78 is 2.27. The van der Waals surface area contributed by atoms with E-state index in [0.717, 1.165) is 17.7 Å². The van der Waals surface area contributed by atoms with Crippen LogP contribution >= 0.6 is 11.8 Å². The summed E-state index contributed by atoms with van der Waals surface area (Å²) in [5, 5.41) is 0. The van der Waals surface area contributed by atoms with Gasteiger partial charge in [0.25, 0.3) is 0 Å². The molecule has 3 nitrogen and oxygen atoms in total. The predicted molar refractivity (Wildman–Crippen MR) is 68.8 cm³/mol. The van der Waals surface area contributed by atoms with Crippen molar-refractivity contribution in [1.82, 2.24) is 14.5 Å². The number of imidazole rings is 1. The molecule has 0 amide bonds. The van der Waals surface area contributed by atoms with E-state index in [2.05, 4.69) is 48.3 Å². The topological polar surface area (TPSA) is 30.7 Å². The Hall–Kier alpha value is -1.03. The van der Waals surface area contributed by atoms with Gasteiger partial charge in [-0.15, -0.1) is 11.8 Å². The van der Waals surface area contributed by atoms with E-state index in [-0.39, 0.29) is 4.75 Å². The van der Waals surface area contributed by atoms with Crippen LogP contribution in [0.4, 0.5) is 0 Å². The lowest BCUT2D eigenvalue weighted by Crippen LogP contribution is -2.06. The van der Waals surface area contributed by atoms with Gasteiger partial charge in [-0.2, -0.15) is 0 Å². The van der Waals surface area contributed by atoms with Gasteiger partial charge in [-0.05, 0) is 13.0 Å². The van der Waals surface area contributed by atoms with Crippen LogP contribution in [-0.2, 0) is 6.54 Å². The number of rotatable bonds is 2. The first-order chi connectivity index (χ1) is 7.49. The molecule has 2 aromatic rings. The Labute approximate surface area is 100 Å². The van der Waals surface area contributed by atoms with Crippen molar-refractivity contribution in [2.45, 2.75) is 43.9 Å². The predicted octanol–water partition coefficient (Wildman–Crippen LogP) is 3.34. The smallest absolute Gasteiger partial charge is 0.159 e. The summed E-state index contributed by atoms with van der Waals surface area (Å²) in [6.07, 6.45) is 3.79. The monoisotopic (exact) mass is 235 g/mol. The Bertz CT molecular complexity index is 496. The normalized spacial score (nSPS) is 12.2. The second kappa shape index (κ2) is 4.09. The summed E-state index contributed by atoms with van der Waals surface area (Å²) >= 11 is 1.82. The van der Waals surface area contributed by atoms with Crippen LogP contribution in [0.2, 0.25) is 0 Å². The van der Waals surface area contributed by atoms with Gasteiger partial charge in [0.1, 0.15) is 5.52 Å². The van der Waals surface area contributed by atoms with E-state index in [1.165, 1.54) is 4.90 Å². The van der Waals surface area contributed by atoms with Gasteiger partial charge < -0.3 is 4.57 Å². The Morgan fingerprint density at radius 2 is 2.06 bits per heavy atom. The van der Waals surface area contributed by atoms with Crippen molar-refractivity contribution >= 4 is 22.9 Å². The highest BCUT2D eigenvalue weighted by Gasteiger charge is 2.13. The van der Waals surface area contributed by atoms with Crippen LogP contribution in [0.5, 0.6) is 0 Å². The van der Waals surface area contributed by atoms with Gasteiger partial charge in [0, 0.05) is 22.4 Å². The molecule has 86 valence electrons. The number of nitrogens with zero attached hydrogens (tertiary/aromatic N) is 3. The summed E-state index contributed by atoms with van der Waals surface area (Å²) in [5.41, 5.74) is 1.96. The van der Waals surface area contributed by atoms with Gasteiger partial charge in [0.05, 0.1) is 6.33 Å². The molecule has 0 atom stereocenters. The number of hydrogen-bond acceptors (Lipinski definition) is 3. The Morgan fingerprint density at radius 3 is 2.69 bits per heavy atom. The zero-order valence-corrected chi connectivity index (χ0v) is 11.0. The van der Waals surface area contributed by atoms with E-state index in [0.29, 0.717) is 0 Å². The van der Waals surface area contributed by atoms with Gasteiger partial charge in [-0.1, -0.05) is 20.8 Å². The van der Waals surface area contributed by atoms with Crippen molar-refractivity contribution in [2.24, 2.45) is 0 Å². The highest BCUT2D eigenvalue weighted by atomic mass is 32.2. The molecule has 16 heavy (non-hydrogen) atoms. The molecule has 0 bridgehead atoms. The molecule has 0 unspecified atom stereocenters. The first kappa shape index (κ1) is 11.5. The van der Waals surface area contributed by atoms with E-state index in [1.54, 1.807) is 0 Å². The number of aryl methyl sites for hydroxylation is 1. The zero-order chi connectivity index (χ0) is 11.8. The molecule has 0 aliphatic heterocycles. The number of aromatic nitrogens is 3. The molecule has 2 rings (SSSR count). The fraction of sp³-hybridized carbons (Fsp3) is 0.500. The maximum absolute atomic E-state index is 4.48. The van der Waals surface area contributed by atoms with E-state index < -0.39 is 0 Å². The van der Waals surface area contributed by atoms with Crippen molar-refractivity contribution in [3.8, 4) is 0 Å². The van der Waals surface area contributed by atoms with Crippen LogP contribution < -0.4 is 0 Å². The first-order valence-electron chi connectivity index (χ1n) is 5.49. The fourth-order valence-electron chi connectivity index (χ4n) is 1.57. The molecule has 0 spiro atoms. The molecule has 0 saturated heterocycles. The Balaban J connectivity index is 2.38. The summed E-state index contributed by atoms with van der Waals surface area (Å²) in [7, 11) is 0. The number of thioether (sulfide) groups is 1. The minimum atomic E-state index is 0.211. The highest BCUT2D eigenvalue weighted by molar-refractivity contribution is 8.00. The number of fused-ring (bicyclic) bond motifs is 1. The van der Waals surface area contributed by atoms with Gasteiger partial charge >= 0.3 is 0 Å². The molecule has 0 N–H and O–H groups in total. The lowest BCUT2D eigenvalue weighted by atomic mass is 10.3. The number of pyridine rings is 1. The van der Waals surface area contributed by atoms with E-state index in [4.69, 9.17) is 0 Å². The summed E-state index contributed by atoms with van der Waals surface area (Å²) in [6.45, 7) is 9.61. The van der Waals surface area contributed by atoms with Crippen LogP contribution in [0.3, 0.4) is 0 Å². The Morgan fingerprint density at radius 1 is 1.31 bits per heavy atom. The molecule has 4 heteroatoms. The van der Waals surface area contributed by atoms with Gasteiger partial charge in [-0.25, -0.2) is 9.97 Å². The van der Waals surface area contributed by atoms with Crippen LogP contribution in [0, 0.1) is 0 Å². The molecule has 0 fully saturated rings. The highest BCUT2D eigenvalue weighted by Crippen LogP contribution is 2.32. The molecule has 0 radical (unpaired) electrons. The van der Waals surface area contributed by atoms with Crippen molar-refractivity contribution in [2.75, 3.05) is 0 Å². The molecule has 0 aliphatic carbocycles. The van der Waals surface area contributed by atoms with Crippen LogP contribution in [0.1, 0.15) is 27.7 Å². The first-order valence-corrected chi connectivity index (χ1v) is 6.31. The van der Waals surface area contributed by atoms with Crippen molar-refractivity contribution in [3.05, 3.63) is 18.6 Å². The molecule has 2 aromatic heterocycles. The summed E-state index contributed by atoms with van der Waals surface area (Å²) in [4.78, 5) is 10.0. The van der Waals surface area contributed by atoms with Gasteiger partial charge in [0.15, 0.2) is 5.65 Å². The van der Waals surface area contributed by atoms with Crippen molar-refractivity contribution in [3.63, 3.8) is 0 Å². The molecule has 0 saturated carbocycles. The molecule has 0 aromatic carbocycles. The third-order valence-corrected chi connectivity index (χ3v) is 3.27. The largest absolute Gasteiger partial charge is 0.316 e. The Kier molecular flexibility index (Phi) is 2.93. The third kappa shape index (κ3) is 2.38. The maximum atomic E-state index is 4.48. The third-order valence-electron chi connectivity index (χ3n) is 2.20. The number of hydrogen-bond donors (Lipinski definition) is 0. The molecular weight excluding hydrogens is 218 g/mol. The average Bonchev–Trinajstić information content (AvgIpc) is 2.57. The van der Waals surface area contributed by atoms with Crippen LogP contribution in [0.25, 0.3) is 11.2 Å². The van der Waals surface area contributed by atoms with Crippen LogP contribution in [0.15, 0.2) is 23.5 Å².